The molecule has 4 rings (SSSR count). The summed E-state index contributed by atoms with van der Waals surface area (Å²) >= 11 is 17.6. The second-order valence-electron chi connectivity index (χ2n) is 7.28. The number of hydrogen-bond donors (Lipinski definition) is 1. The normalized spacial score (nSPS) is 14.7. The molecule has 1 aliphatic heterocycles. The number of ether oxygens (including phenoxy) is 1. The molecular weight excluding hydrogens is 513 g/mol. The zero-order chi connectivity index (χ0) is 25.1. The molecule has 35 heavy (non-hydrogen) atoms. The Kier molecular flexibility index (Phi) is 7.11. The molecule has 0 radical (unpaired) electrons. The maximum absolute atomic E-state index is 13.3. The van der Waals surface area contributed by atoms with Crippen molar-refractivity contribution in [3.8, 4) is 5.75 Å². The van der Waals surface area contributed by atoms with Crippen molar-refractivity contribution in [1.29, 1.82) is 0 Å². The van der Waals surface area contributed by atoms with Gasteiger partial charge in [-0.3, -0.25) is 29.9 Å². The molecular formula is C24H15Cl2N3O5S. The first kappa shape index (κ1) is 24.3. The highest BCUT2D eigenvalue weighted by Crippen LogP contribution is 2.34. The van der Waals surface area contributed by atoms with Crippen molar-refractivity contribution in [2.75, 3.05) is 4.90 Å². The molecule has 0 aliphatic carbocycles. The van der Waals surface area contributed by atoms with Gasteiger partial charge in [0.2, 0.25) is 0 Å². The Morgan fingerprint density at radius 2 is 1.74 bits per heavy atom. The minimum Gasteiger partial charge on any atom is -0.488 e. The van der Waals surface area contributed by atoms with Gasteiger partial charge >= 0.3 is 0 Å². The van der Waals surface area contributed by atoms with Crippen molar-refractivity contribution in [1.82, 2.24) is 5.32 Å². The summed E-state index contributed by atoms with van der Waals surface area (Å²) in [6, 6.07) is 17.5. The summed E-state index contributed by atoms with van der Waals surface area (Å²) in [6.45, 7) is 0.118. The fraction of sp³-hybridized carbons (Fsp3) is 0.0417. The number of rotatable bonds is 6. The van der Waals surface area contributed by atoms with Gasteiger partial charge in [-0.2, -0.15) is 0 Å². The molecule has 3 aromatic rings. The van der Waals surface area contributed by atoms with Gasteiger partial charge < -0.3 is 4.74 Å². The third-order valence-corrected chi connectivity index (χ3v) is 6.13. The van der Waals surface area contributed by atoms with Crippen molar-refractivity contribution in [3.05, 3.63) is 104 Å². The van der Waals surface area contributed by atoms with Crippen LogP contribution in [0.4, 0.5) is 11.4 Å². The molecule has 0 spiro atoms. The minimum absolute atomic E-state index is 0.0250. The van der Waals surface area contributed by atoms with Gasteiger partial charge in [0.25, 0.3) is 17.5 Å². The first-order valence-corrected chi connectivity index (χ1v) is 11.2. The molecule has 0 atom stereocenters. The number of anilines is 1. The van der Waals surface area contributed by atoms with E-state index in [1.807, 2.05) is 0 Å². The van der Waals surface area contributed by atoms with Crippen LogP contribution in [0, 0.1) is 10.1 Å². The second-order valence-corrected chi connectivity index (χ2v) is 8.45. The number of hydrogen-bond acceptors (Lipinski definition) is 6. The highest BCUT2D eigenvalue weighted by atomic mass is 35.5. The van der Waals surface area contributed by atoms with Crippen molar-refractivity contribution in [3.63, 3.8) is 0 Å². The number of thiocarbonyl (C=S) groups is 1. The predicted octanol–water partition coefficient (Wildman–Crippen LogP) is 5.31. The van der Waals surface area contributed by atoms with Gasteiger partial charge in [-0.1, -0.05) is 47.5 Å². The number of carbonyl (C=O) groups is 2. The number of halogens is 2. The Morgan fingerprint density at radius 1 is 1.03 bits per heavy atom. The van der Waals surface area contributed by atoms with Crippen LogP contribution in [0.15, 0.2) is 72.3 Å². The summed E-state index contributed by atoms with van der Waals surface area (Å²) in [5.41, 5.74) is 1.21. The highest BCUT2D eigenvalue weighted by Gasteiger charge is 2.35. The Bertz CT molecular complexity index is 1390. The maximum atomic E-state index is 13.3. The number of nitrogens with zero attached hydrogens (tertiary/aromatic N) is 2. The van der Waals surface area contributed by atoms with E-state index in [-0.39, 0.29) is 38.7 Å². The van der Waals surface area contributed by atoms with Crippen LogP contribution in [0.25, 0.3) is 6.08 Å². The average molecular weight is 528 g/mol. The van der Waals surface area contributed by atoms with Crippen LogP contribution in [-0.4, -0.2) is 21.9 Å². The van der Waals surface area contributed by atoms with E-state index in [0.717, 1.165) is 4.90 Å². The van der Waals surface area contributed by atoms with E-state index in [9.17, 15) is 19.7 Å². The van der Waals surface area contributed by atoms with Crippen LogP contribution in [0.3, 0.4) is 0 Å². The van der Waals surface area contributed by atoms with Crippen LogP contribution in [0.5, 0.6) is 5.75 Å². The van der Waals surface area contributed by atoms with E-state index in [1.54, 1.807) is 54.6 Å². The first-order chi connectivity index (χ1) is 16.8. The lowest BCUT2D eigenvalue weighted by Crippen LogP contribution is -2.54. The average Bonchev–Trinajstić information content (AvgIpc) is 2.83. The van der Waals surface area contributed by atoms with Crippen molar-refractivity contribution >= 4 is 69.8 Å². The molecule has 0 aromatic heterocycles. The molecule has 1 fully saturated rings. The minimum atomic E-state index is -0.673. The summed E-state index contributed by atoms with van der Waals surface area (Å²) < 4.78 is 5.87. The third-order valence-electron chi connectivity index (χ3n) is 5.03. The van der Waals surface area contributed by atoms with Crippen LogP contribution in [-0.2, 0) is 16.2 Å². The van der Waals surface area contributed by atoms with Gasteiger partial charge in [-0.15, -0.1) is 0 Å². The molecule has 2 amide bonds. The molecule has 176 valence electrons. The number of nitro benzene ring substituents is 1. The Hall–Kier alpha value is -3.79. The number of non-ortho nitro benzene ring substituents is 1. The van der Waals surface area contributed by atoms with E-state index in [4.69, 9.17) is 40.2 Å². The lowest BCUT2D eigenvalue weighted by molar-refractivity contribution is -0.384. The number of nitrogens with one attached hydrogen (secondary N) is 1. The largest absolute Gasteiger partial charge is 0.488 e. The van der Waals surface area contributed by atoms with Gasteiger partial charge in [-0.05, 0) is 54.2 Å². The first-order valence-electron chi connectivity index (χ1n) is 10.1. The van der Waals surface area contributed by atoms with E-state index in [2.05, 4.69) is 5.32 Å². The van der Waals surface area contributed by atoms with E-state index >= 15 is 0 Å². The zero-order valence-electron chi connectivity index (χ0n) is 17.7. The molecule has 1 N–H and O–H groups in total. The van der Waals surface area contributed by atoms with Crippen molar-refractivity contribution in [2.45, 2.75) is 6.61 Å². The monoisotopic (exact) mass is 527 g/mol. The lowest BCUT2D eigenvalue weighted by Gasteiger charge is -2.29. The Morgan fingerprint density at radius 3 is 2.46 bits per heavy atom. The van der Waals surface area contributed by atoms with Crippen molar-refractivity contribution in [2.24, 2.45) is 0 Å². The molecule has 0 bridgehead atoms. The third kappa shape index (κ3) is 5.17. The van der Waals surface area contributed by atoms with Crippen LogP contribution < -0.4 is 15.0 Å². The SMILES string of the molecule is O=C1NC(=S)N(c2cccc(Cl)c2Cl)C(=O)/C1=C/c1ccccc1OCc1ccc([N+](=O)[O-])cc1. The van der Waals surface area contributed by atoms with Gasteiger partial charge in [0.1, 0.15) is 17.9 Å². The summed E-state index contributed by atoms with van der Waals surface area (Å²) in [7, 11) is 0. The zero-order valence-corrected chi connectivity index (χ0v) is 20.1. The van der Waals surface area contributed by atoms with Crippen molar-refractivity contribution < 1.29 is 19.2 Å². The summed E-state index contributed by atoms with van der Waals surface area (Å²) in [5.74, 6) is -0.938. The topological polar surface area (TPSA) is 102 Å². The quantitative estimate of drug-likeness (QED) is 0.153. The van der Waals surface area contributed by atoms with Gasteiger partial charge in [-0.25, -0.2) is 0 Å². The van der Waals surface area contributed by atoms with E-state index < -0.39 is 16.7 Å². The summed E-state index contributed by atoms with van der Waals surface area (Å²) in [5, 5.41) is 13.6. The second kappa shape index (κ2) is 10.2. The highest BCUT2D eigenvalue weighted by molar-refractivity contribution is 7.80. The standard InChI is InChI=1S/C24H15Cl2N3O5S/c25-18-5-3-6-19(21(18)26)28-23(31)17(22(30)27-24(28)35)12-15-4-1-2-7-20(15)34-13-14-8-10-16(11-9-14)29(32)33/h1-12H,13H2,(H,27,30,35)/b17-12+. The fourth-order valence-electron chi connectivity index (χ4n) is 3.30. The lowest BCUT2D eigenvalue weighted by atomic mass is 10.1. The van der Waals surface area contributed by atoms with E-state index in [0.29, 0.717) is 16.9 Å². The molecule has 1 aliphatic rings. The number of benzene rings is 3. The smallest absolute Gasteiger partial charge is 0.270 e. The molecule has 1 saturated heterocycles. The van der Waals surface area contributed by atoms with Crippen LogP contribution in [0.2, 0.25) is 10.0 Å². The van der Waals surface area contributed by atoms with Gasteiger partial charge in [0.05, 0.1) is 20.7 Å². The van der Waals surface area contributed by atoms with Crippen LogP contribution in [0.1, 0.15) is 11.1 Å². The van der Waals surface area contributed by atoms with Crippen LogP contribution >= 0.6 is 35.4 Å². The number of nitro groups is 1. The molecule has 0 saturated carbocycles. The van der Waals surface area contributed by atoms with E-state index in [1.165, 1.54) is 18.2 Å². The molecule has 1 heterocycles. The summed E-state index contributed by atoms with van der Waals surface area (Å²) in [6.07, 6.45) is 1.40. The molecule has 8 nitrogen and oxygen atoms in total. The van der Waals surface area contributed by atoms with Gasteiger partial charge in [0, 0.05) is 17.7 Å². The molecule has 3 aromatic carbocycles. The fourth-order valence-corrected chi connectivity index (χ4v) is 3.96. The molecule has 0 unspecified atom stereocenters. The Balaban J connectivity index is 1.62. The van der Waals surface area contributed by atoms with Gasteiger partial charge in [0.15, 0.2) is 5.11 Å². The number of para-hydroxylation sites is 1. The Labute approximate surface area is 214 Å². The predicted molar refractivity (Wildman–Crippen MR) is 137 cm³/mol. The molecule has 11 heteroatoms. The number of amides is 2. The summed E-state index contributed by atoms with van der Waals surface area (Å²) in [4.78, 5) is 37.4. The maximum Gasteiger partial charge on any atom is 0.270 e. The number of carbonyl (C=O) groups excluding carboxylic acids is 2.